The number of aliphatic hydroxyl groups is 1. The summed E-state index contributed by atoms with van der Waals surface area (Å²) in [4.78, 5) is 12.5. The molecule has 2 unspecified atom stereocenters. The fourth-order valence-corrected chi connectivity index (χ4v) is 7.63. The van der Waals surface area contributed by atoms with E-state index in [1.165, 1.54) is 173 Å². The number of hydrogen-bond acceptors (Lipinski definition) is 4. The van der Waals surface area contributed by atoms with Crippen molar-refractivity contribution in [3.05, 3.63) is 0 Å². The number of amides is 1. The molecule has 0 aliphatic rings. The van der Waals surface area contributed by atoms with E-state index in [-0.39, 0.29) is 5.91 Å². The highest BCUT2D eigenvalue weighted by Crippen LogP contribution is 2.17. The van der Waals surface area contributed by atoms with Crippen molar-refractivity contribution in [1.82, 2.24) is 5.32 Å². The lowest BCUT2D eigenvalue weighted by Gasteiger charge is -2.23. The number of nitrogens with one attached hydrogen (secondary N) is 1. The van der Waals surface area contributed by atoms with Gasteiger partial charge in [0, 0.05) is 6.42 Å². The number of aliphatic hydroxyl groups excluding tert-OH is 1. The van der Waals surface area contributed by atoms with Crippen molar-refractivity contribution < 1.29 is 22.9 Å². The van der Waals surface area contributed by atoms with Crippen molar-refractivity contribution in [2.45, 2.75) is 251 Å². The molecule has 0 saturated carbocycles. The number of rotatable bonds is 39. The summed E-state index contributed by atoms with van der Waals surface area (Å²) < 4.78 is 32.5. The smallest absolute Gasteiger partial charge is 0.266 e. The minimum atomic E-state index is -4.30. The van der Waals surface area contributed by atoms with Crippen LogP contribution >= 0.6 is 0 Å². The molecule has 2 atom stereocenters. The number of carbonyl (C=O) groups is 1. The molecule has 0 aromatic carbocycles. The first-order chi connectivity index (χ1) is 23.3. The van der Waals surface area contributed by atoms with Crippen molar-refractivity contribution in [1.29, 1.82) is 0 Å². The third kappa shape index (κ3) is 36.6. The number of hydrogen-bond donors (Lipinski definition) is 3. The summed E-state index contributed by atoms with van der Waals surface area (Å²) in [5.41, 5.74) is 0. The van der Waals surface area contributed by atoms with Gasteiger partial charge in [0.25, 0.3) is 10.1 Å². The van der Waals surface area contributed by atoms with Gasteiger partial charge in [-0.05, 0) is 12.8 Å². The van der Waals surface area contributed by atoms with Crippen molar-refractivity contribution in [3.8, 4) is 0 Å². The topological polar surface area (TPSA) is 104 Å². The maximum atomic E-state index is 12.5. The van der Waals surface area contributed by atoms with E-state index >= 15 is 0 Å². The molecule has 0 fully saturated rings. The van der Waals surface area contributed by atoms with Crippen LogP contribution in [0.1, 0.15) is 239 Å². The zero-order chi connectivity index (χ0) is 35.4. The molecule has 7 heteroatoms. The first-order valence-electron chi connectivity index (χ1n) is 21.2. The molecule has 1 amide bonds. The quantitative estimate of drug-likeness (QED) is 0.0437. The highest BCUT2D eigenvalue weighted by Gasteiger charge is 2.26. The second-order valence-electron chi connectivity index (χ2n) is 15.0. The van der Waals surface area contributed by atoms with Gasteiger partial charge in [-0.25, -0.2) is 0 Å². The molecule has 288 valence electrons. The Labute approximate surface area is 299 Å². The molecular weight excluding hydrogens is 619 g/mol. The Kier molecular flexibility index (Phi) is 35.6. The van der Waals surface area contributed by atoms with Crippen LogP contribution in [-0.2, 0) is 14.9 Å². The predicted molar refractivity (Wildman–Crippen MR) is 207 cm³/mol. The molecule has 0 aliphatic carbocycles. The van der Waals surface area contributed by atoms with E-state index in [4.69, 9.17) is 0 Å². The van der Waals surface area contributed by atoms with Gasteiger partial charge in [0.1, 0.15) is 0 Å². The summed E-state index contributed by atoms with van der Waals surface area (Å²) in [6.45, 7) is 4.53. The minimum absolute atomic E-state index is 0.240. The van der Waals surface area contributed by atoms with Crippen LogP contribution in [0, 0.1) is 0 Å². The summed E-state index contributed by atoms with van der Waals surface area (Å²) in [6, 6.07) is -0.963. The molecule has 0 bridgehead atoms. The van der Waals surface area contributed by atoms with Gasteiger partial charge in [0.2, 0.25) is 5.91 Å². The molecule has 6 nitrogen and oxygen atoms in total. The molecule has 0 aromatic rings. The van der Waals surface area contributed by atoms with Gasteiger partial charge < -0.3 is 10.4 Å². The van der Waals surface area contributed by atoms with Crippen LogP contribution in [0.5, 0.6) is 0 Å². The maximum absolute atomic E-state index is 12.5. The van der Waals surface area contributed by atoms with Crippen LogP contribution in [0.2, 0.25) is 0 Å². The molecule has 0 aromatic heterocycles. The normalized spacial score (nSPS) is 13.2. The molecule has 3 N–H and O–H groups in total. The first-order valence-corrected chi connectivity index (χ1v) is 22.8. The lowest BCUT2D eigenvalue weighted by atomic mass is 10.0. The summed E-state index contributed by atoms with van der Waals surface area (Å²) in [5, 5.41) is 13.4. The van der Waals surface area contributed by atoms with E-state index in [0.29, 0.717) is 12.8 Å². The van der Waals surface area contributed by atoms with Gasteiger partial charge in [-0.1, -0.05) is 219 Å². The Balaban J connectivity index is 3.78. The fourth-order valence-electron chi connectivity index (χ4n) is 6.87. The van der Waals surface area contributed by atoms with Crippen LogP contribution in [0.3, 0.4) is 0 Å². The van der Waals surface area contributed by atoms with Crippen LogP contribution in [-0.4, -0.2) is 41.9 Å². The van der Waals surface area contributed by atoms with Crippen molar-refractivity contribution in [3.63, 3.8) is 0 Å². The second-order valence-corrected chi connectivity index (χ2v) is 16.5. The van der Waals surface area contributed by atoms with Gasteiger partial charge in [0.05, 0.1) is 17.9 Å². The van der Waals surface area contributed by atoms with Gasteiger partial charge >= 0.3 is 0 Å². The molecule has 0 radical (unpaired) electrons. The fraction of sp³-hybridized carbons (Fsp3) is 0.976. The number of unbranched alkanes of at least 4 members (excludes halogenated alkanes) is 31. The summed E-state index contributed by atoms with van der Waals surface area (Å²) in [5.74, 6) is -0.881. The van der Waals surface area contributed by atoms with Crippen LogP contribution in [0.25, 0.3) is 0 Å². The van der Waals surface area contributed by atoms with Crippen LogP contribution < -0.4 is 5.32 Å². The molecule has 0 spiro atoms. The minimum Gasteiger partial charge on any atom is -0.391 e. The Hall–Kier alpha value is -0.660. The molecule has 0 saturated heterocycles. The highest BCUT2D eigenvalue weighted by atomic mass is 32.2. The zero-order valence-electron chi connectivity index (χ0n) is 32.1. The third-order valence-corrected chi connectivity index (χ3v) is 10.8. The highest BCUT2D eigenvalue weighted by molar-refractivity contribution is 7.85. The second kappa shape index (κ2) is 36.1. The first kappa shape index (κ1) is 47.3. The molecule has 0 heterocycles. The molecule has 0 rings (SSSR count). The Morgan fingerprint density at radius 2 is 0.750 bits per heavy atom. The summed E-state index contributed by atoms with van der Waals surface area (Å²) >= 11 is 0. The monoisotopic (exact) mass is 702 g/mol. The molecule has 0 aliphatic heterocycles. The van der Waals surface area contributed by atoms with Crippen LogP contribution in [0.15, 0.2) is 0 Å². The van der Waals surface area contributed by atoms with E-state index in [0.717, 1.165) is 38.5 Å². The lowest BCUT2D eigenvalue weighted by molar-refractivity contribution is -0.122. The standard InChI is InChI=1S/C41H83NO5S/c1-3-5-7-9-11-13-15-17-19-20-21-22-23-25-27-29-31-33-35-37-41(44)42-39(38-48(45,46)47)40(43)36-34-32-30-28-26-24-18-16-14-12-10-8-6-4-2/h39-40,43H,3-38H2,1-2H3,(H,42,44)(H,45,46,47). The van der Waals surface area contributed by atoms with Gasteiger partial charge in [-0.15, -0.1) is 0 Å². The lowest BCUT2D eigenvalue weighted by Crippen LogP contribution is -2.47. The Morgan fingerprint density at radius 1 is 0.479 bits per heavy atom. The van der Waals surface area contributed by atoms with Crippen molar-refractivity contribution in [2.24, 2.45) is 0 Å². The zero-order valence-corrected chi connectivity index (χ0v) is 33.0. The van der Waals surface area contributed by atoms with E-state index in [2.05, 4.69) is 19.2 Å². The summed E-state index contributed by atoms with van der Waals surface area (Å²) in [6.07, 6.45) is 41.9. The number of carbonyl (C=O) groups excluding carboxylic acids is 1. The SMILES string of the molecule is CCCCCCCCCCCCCCCCCCCCCC(=O)NC(CS(=O)(=O)O)C(O)CCCCCCCCCCCCCCCC. The van der Waals surface area contributed by atoms with Crippen molar-refractivity contribution >= 4 is 16.0 Å². The van der Waals surface area contributed by atoms with Gasteiger partial charge in [-0.3, -0.25) is 9.35 Å². The van der Waals surface area contributed by atoms with Crippen molar-refractivity contribution in [2.75, 3.05) is 5.75 Å². The van der Waals surface area contributed by atoms with Gasteiger partial charge in [0.15, 0.2) is 0 Å². The largest absolute Gasteiger partial charge is 0.391 e. The Bertz CT molecular complexity index is 775. The average molecular weight is 702 g/mol. The van der Waals surface area contributed by atoms with Crippen LogP contribution in [0.4, 0.5) is 0 Å². The summed E-state index contributed by atoms with van der Waals surface area (Å²) in [7, 11) is -4.30. The van der Waals surface area contributed by atoms with E-state index < -0.39 is 28.0 Å². The average Bonchev–Trinajstić information content (AvgIpc) is 3.05. The van der Waals surface area contributed by atoms with E-state index in [1.54, 1.807) is 0 Å². The van der Waals surface area contributed by atoms with E-state index in [1.807, 2.05) is 0 Å². The van der Waals surface area contributed by atoms with E-state index in [9.17, 15) is 22.9 Å². The van der Waals surface area contributed by atoms with Gasteiger partial charge in [-0.2, -0.15) is 8.42 Å². The third-order valence-electron chi connectivity index (χ3n) is 10.1. The maximum Gasteiger partial charge on any atom is 0.266 e. The molecule has 48 heavy (non-hydrogen) atoms. The molecular formula is C41H83NO5S. The predicted octanol–water partition coefficient (Wildman–Crippen LogP) is 12.4. The Morgan fingerprint density at radius 3 is 1.04 bits per heavy atom.